The number of nitrogens with zero attached hydrogens (tertiary/aromatic N) is 3. The first-order chi connectivity index (χ1) is 8.19. The van der Waals surface area contributed by atoms with Gasteiger partial charge in [-0.3, -0.25) is 9.78 Å². The van der Waals surface area contributed by atoms with Crippen LogP contribution >= 0.6 is 0 Å². The van der Waals surface area contributed by atoms with E-state index in [4.69, 9.17) is 5.26 Å². The molecule has 17 heavy (non-hydrogen) atoms. The van der Waals surface area contributed by atoms with E-state index in [1.54, 1.807) is 24.3 Å². The Morgan fingerprint density at radius 1 is 1.53 bits per heavy atom. The zero-order valence-electron chi connectivity index (χ0n) is 10.3. The number of amides is 1. The van der Waals surface area contributed by atoms with Crippen molar-refractivity contribution in [3.63, 3.8) is 0 Å². The molecule has 0 aliphatic carbocycles. The first-order valence-corrected chi connectivity index (χ1v) is 5.72. The maximum Gasteiger partial charge on any atom is 0.239 e. The van der Waals surface area contributed by atoms with Crippen molar-refractivity contribution in [3.8, 4) is 6.07 Å². The molecule has 1 amide bonds. The quantitative estimate of drug-likeness (QED) is 0.778. The monoisotopic (exact) mass is 231 g/mol. The number of carbonyl (C=O) groups is 1. The molecule has 0 saturated carbocycles. The van der Waals surface area contributed by atoms with Crippen LogP contribution in [0.15, 0.2) is 24.5 Å². The summed E-state index contributed by atoms with van der Waals surface area (Å²) >= 11 is 0. The normalized spacial score (nSPS) is 11.6. The average molecular weight is 231 g/mol. The van der Waals surface area contributed by atoms with E-state index in [-0.39, 0.29) is 5.91 Å². The van der Waals surface area contributed by atoms with Crippen LogP contribution in [0.3, 0.4) is 0 Å². The van der Waals surface area contributed by atoms with Gasteiger partial charge in [-0.15, -0.1) is 0 Å². The molecule has 0 aliphatic heterocycles. The van der Waals surface area contributed by atoms with E-state index in [0.29, 0.717) is 13.0 Å². The molecule has 0 fully saturated rings. The summed E-state index contributed by atoms with van der Waals surface area (Å²) < 4.78 is 0. The predicted molar refractivity (Wildman–Crippen MR) is 64.7 cm³/mol. The molecule has 0 aliphatic rings. The van der Waals surface area contributed by atoms with Crippen LogP contribution in [-0.2, 0) is 11.3 Å². The fraction of sp³-hybridized carbons (Fsp3) is 0.462. The number of carbonyl (C=O) groups excluding carboxylic acids is 1. The number of nitriles is 1. The number of hydrogen-bond donors (Lipinski definition) is 0. The van der Waals surface area contributed by atoms with E-state index in [2.05, 4.69) is 11.1 Å². The second-order valence-electron chi connectivity index (χ2n) is 4.02. The van der Waals surface area contributed by atoms with Crippen molar-refractivity contribution in [2.45, 2.75) is 26.3 Å². The molecule has 1 rings (SSSR count). The summed E-state index contributed by atoms with van der Waals surface area (Å²) in [5, 5.41) is 8.94. The lowest BCUT2D eigenvalue weighted by Crippen LogP contribution is -2.31. The highest BCUT2D eigenvalue weighted by Crippen LogP contribution is 2.11. The van der Waals surface area contributed by atoms with E-state index >= 15 is 0 Å². The third-order valence-electron chi connectivity index (χ3n) is 2.58. The van der Waals surface area contributed by atoms with Crippen molar-refractivity contribution < 1.29 is 4.79 Å². The Hall–Kier alpha value is -1.89. The molecule has 1 atom stereocenters. The fourth-order valence-corrected chi connectivity index (χ4v) is 1.64. The van der Waals surface area contributed by atoms with E-state index in [0.717, 1.165) is 12.0 Å². The summed E-state index contributed by atoms with van der Waals surface area (Å²) in [6.45, 7) is 2.49. The van der Waals surface area contributed by atoms with Crippen LogP contribution in [0.4, 0.5) is 0 Å². The summed E-state index contributed by atoms with van der Waals surface area (Å²) in [4.78, 5) is 17.5. The number of hydrogen-bond acceptors (Lipinski definition) is 3. The van der Waals surface area contributed by atoms with Crippen molar-refractivity contribution in [1.29, 1.82) is 5.26 Å². The summed E-state index contributed by atoms with van der Waals surface area (Å²) in [7, 11) is 1.72. The van der Waals surface area contributed by atoms with Gasteiger partial charge in [0.15, 0.2) is 0 Å². The van der Waals surface area contributed by atoms with Crippen LogP contribution in [0.25, 0.3) is 0 Å². The Balaban J connectivity index is 2.61. The lowest BCUT2D eigenvalue weighted by atomic mass is 10.0. The van der Waals surface area contributed by atoms with Crippen LogP contribution in [0.5, 0.6) is 0 Å². The molecule has 0 N–H and O–H groups in total. The number of rotatable bonds is 5. The maximum absolute atomic E-state index is 12.0. The largest absolute Gasteiger partial charge is 0.340 e. The van der Waals surface area contributed by atoms with E-state index < -0.39 is 5.92 Å². The molecule has 90 valence electrons. The number of aromatic nitrogens is 1. The highest BCUT2D eigenvalue weighted by atomic mass is 16.2. The highest BCUT2D eigenvalue weighted by Gasteiger charge is 2.20. The van der Waals surface area contributed by atoms with Crippen LogP contribution < -0.4 is 0 Å². The standard InChI is InChI=1S/C13H17N3O/c1-3-4-12(9-14)13(17)16(2)10-11-5-7-15-8-6-11/h5-8,12H,3-4,10H2,1-2H3. The minimum absolute atomic E-state index is 0.105. The van der Waals surface area contributed by atoms with Gasteiger partial charge in [-0.2, -0.15) is 5.26 Å². The van der Waals surface area contributed by atoms with Gasteiger partial charge < -0.3 is 4.90 Å². The lowest BCUT2D eigenvalue weighted by Gasteiger charge is -2.19. The SMILES string of the molecule is CCCC(C#N)C(=O)N(C)Cc1ccncc1. The van der Waals surface area contributed by atoms with E-state index in [9.17, 15) is 4.79 Å². The lowest BCUT2D eigenvalue weighted by molar-refractivity contribution is -0.133. The minimum Gasteiger partial charge on any atom is -0.340 e. The second-order valence-corrected chi connectivity index (χ2v) is 4.02. The van der Waals surface area contributed by atoms with E-state index in [1.165, 1.54) is 0 Å². The van der Waals surface area contributed by atoms with Gasteiger partial charge in [-0.1, -0.05) is 13.3 Å². The molecule has 1 aromatic rings. The van der Waals surface area contributed by atoms with Gasteiger partial charge in [0.1, 0.15) is 5.92 Å². The van der Waals surface area contributed by atoms with Gasteiger partial charge in [0, 0.05) is 26.0 Å². The minimum atomic E-state index is -0.521. The molecule has 0 radical (unpaired) electrons. The topological polar surface area (TPSA) is 57.0 Å². The van der Waals surface area contributed by atoms with Crippen LogP contribution in [0.1, 0.15) is 25.3 Å². The van der Waals surface area contributed by atoms with Crippen LogP contribution in [0, 0.1) is 17.2 Å². The van der Waals surface area contributed by atoms with Crippen molar-refractivity contribution >= 4 is 5.91 Å². The first-order valence-electron chi connectivity index (χ1n) is 5.72. The second kappa shape index (κ2) is 6.64. The first kappa shape index (κ1) is 13.2. The third-order valence-corrected chi connectivity index (χ3v) is 2.58. The molecule has 1 aromatic heterocycles. The Morgan fingerprint density at radius 3 is 2.71 bits per heavy atom. The Morgan fingerprint density at radius 2 is 2.18 bits per heavy atom. The zero-order valence-corrected chi connectivity index (χ0v) is 10.3. The summed E-state index contributed by atoms with van der Waals surface area (Å²) in [6.07, 6.45) is 4.85. The van der Waals surface area contributed by atoms with Gasteiger partial charge in [0.05, 0.1) is 6.07 Å². The van der Waals surface area contributed by atoms with E-state index in [1.807, 2.05) is 19.1 Å². The molecule has 0 aromatic carbocycles. The average Bonchev–Trinajstić information content (AvgIpc) is 2.36. The smallest absolute Gasteiger partial charge is 0.239 e. The van der Waals surface area contributed by atoms with Crippen molar-refractivity contribution in [2.24, 2.45) is 5.92 Å². The molecule has 0 saturated heterocycles. The number of pyridine rings is 1. The van der Waals surface area contributed by atoms with Gasteiger partial charge in [-0.25, -0.2) is 0 Å². The Bertz CT molecular complexity index is 397. The maximum atomic E-state index is 12.0. The van der Waals surface area contributed by atoms with Crippen molar-refractivity contribution in [3.05, 3.63) is 30.1 Å². The molecule has 0 spiro atoms. The molecule has 0 bridgehead atoms. The molecule has 4 heteroatoms. The summed E-state index contributed by atoms with van der Waals surface area (Å²) in [6, 6.07) is 5.80. The molecular formula is C13H17N3O. The van der Waals surface area contributed by atoms with Gasteiger partial charge >= 0.3 is 0 Å². The molecule has 1 heterocycles. The highest BCUT2D eigenvalue weighted by molar-refractivity contribution is 5.80. The summed E-state index contributed by atoms with van der Waals surface area (Å²) in [5.74, 6) is -0.627. The van der Waals surface area contributed by atoms with Crippen LogP contribution in [-0.4, -0.2) is 22.8 Å². The van der Waals surface area contributed by atoms with Gasteiger partial charge in [-0.05, 0) is 24.1 Å². The fourth-order valence-electron chi connectivity index (χ4n) is 1.64. The predicted octanol–water partition coefficient (Wildman–Crippen LogP) is 1.98. The van der Waals surface area contributed by atoms with Crippen LogP contribution in [0.2, 0.25) is 0 Å². The third kappa shape index (κ3) is 3.87. The van der Waals surface area contributed by atoms with Gasteiger partial charge in [0.2, 0.25) is 5.91 Å². The molecule has 1 unspecified atom stereocenters. The molecular weight excluding hydrogens is 214 g/mol. The molecule has 4 nitrogen and oxygen atoms in total. The van der Waals surface area contributed by atoms with Crippen molar-refractivity contribution in [1.82, 2.24) is 9.88 Å². The van der Waals surface area contributed by atoms with Gasteiger partial charge in [0.25, 0.3) is 0 Å². The summed E-state index contributed by atoms with van der Waals surface area (Å²) in [5.41, 5.74) is 1.02. The Kier molecular flexibility index (Phi) is 5.15. The zero-order chi connectivity index (χ0) is 12.7. The van der Waals surface area contributed by atoms with Crippen molar-refractivity contribution in [2.75, 3.05) is 7.05 Å². The Labute approximate surface area is 102 Å².